The summed E-state index contributed by atoms with van der Waals surface area (Å²) in [5.41, 5.74) is 0.795. The Morgan fingerprint density at radius 3 is 2.38 bits per heavy atom. The number of nitrogens with zero attached hydrogens (tertiary/aromatic N) is 3. The number of piperazine rings is 1. The molecule has 0 N–H and O–H groups in total. The molecule has 4 rings (SSSR count). The largest absolute Gasteiger partial charge is 0.417 e. The summed E-state index contributed by atoms with van der Waals surface area (Å²) >= 11 is 7.52. The molecule has 6 nitrogen and oxygen atoms in total. The average molecular weight is 530 g/mol. The summed E-state index contributed by atoms with van der Waals surface area (Å²) in [6.45, 7) is 1.15. The van der Waals surface area contributed by atoms with E-state index >= 15 is 0 Å². The standard InChI is InChI=1S/C22H19ClF3N3O3S2/c1-34(31,32)16-2-3-17(14-4-9-33-13-14)18(11-16)21(30)29-7-5-28(6-8-29)20-19(23)10-15(12-27-20)22(24,25)26/h2-4,9-13H,5-8H2,1H3. The first-order valence-electron chi connectivity index (χ1n) is 10.1. The maximum atomic E-state index is 13.4. The summed E-state index contributed by atoms with van der Waals surface area (Å²) in [5, 5.41) is 3.63. The van der Waals surface area contributed by atoms with Crippen molar-refractivity contribution in [2.45, 2.75) is 11.1 Å². The second kappa shape index (κ2) is 9.20. The lowest BCUT2D eigenvalue weighted by Gasteiger charge is -2.36. The van der Waals surface area contributed by atoms with Gasteiger partial charge in [-0.2, -0.15) is 24.5 Å². The summed E-state index contributed by atoms with van der Waals surface area (Å²) in [6.07, 6.45) is -2.72. The van der Waals surface area contributed by atoms with Crippen LogP contribution in [0.1, 0.15) is 15.9 Å². The minimum atomic E-state index is -4.54. The maximum absolute atomic E-state index is 13.4. The van der Waals surface area contributed by atoms with Crippen LogP contribution >= 0.6 is 22.9 Å². The zero-order valence-corrected chi connectivity index (χ0v) is 20.2. The molecule has 0 unspecified atom stereocenters. The molecular formula is C22H19ClF3N3O3S2. The lowest BCUT2D eigenvalue weighted by atomic mass is 10.0. The molecule has 0 saturated carbocycles. The number of pyridine rings is 1. The second-order valence-corrected chi connectivity index (χ2v) is 11.0. The van der Waals surface area contributed by atoms with E-state index in [9.17, 15) is 26.4 Å². The molecule has 3 aromatic rings. The van der Waals surface area contributed by atoms with Gasteiger partial charge in [-0.15, -0.1) is 0 Å². The molecule has 2 aromatic heterocycles. The third kappa shape index (κ3) is 5.06. The first-order valence-corrected chi connectivity index (χ1v) is 13.3. The van der Waals surface area contributed by atoms with Gasteiger partial charge in [-0.25, -0.2) is 13.4 Å². The predicted octanol–water partition coefficient (Wildman–Crippen LogP) is 4.85. The fourth-order valence-electron chi connectivity index (χ4n) is 3.71. The minimum absolute atomic E-state index is 0.0502. The number of carbonyl (C=O) groups excluding carboxylic acids is 1. The highest BCUT2D eigenvalue weighted by Gasteiger charge is 2.33. The molecular weight excluding hydrogens is 511 g/mol. The molecule has 34 heavy (non-hydrogen) atoms. The molecule has 1 saturated heterocycles. The molecule has 1 fully saturated rings. The Morgan fingerprint density at radius 1 is 1.12 bits per heavy atom. The molecule has 12 heteroatoms. The SMILES string of the molecule is CS(=O)(=O)c1ccc(-c2ccsc2)c(C(=O)N2CCN(c3ncc(C(F)(F)F)cc3Cl)CC2)c1. The molecule has 1 amide bonds. The van der Waals surface area contributed by atoms with E-state index in [1.165, 1.54) is 23.5 Å². The Hall–Kier alpha value is -2.63. The number of anilines is 1. The highest BCUT2D eigenvalue weighted by molar-refractivity contribution is 7.90. The number of rotatable bonds is 4. The maximum Gasteiger partial charge on any atom is 0.417 e. The fourth-order valence-corrected chi connectivity index (χ4v) is 5.30. The summed E-state index contributed by atoms with van der Waals surface area (Å²) in [7, 11) is -3.52. The van der Waals surface area contributed by atoms with Gasteiger partial charge in [0, 0.05) is 44.2 Å². The Morgan fingerprint density at radius 2 is 1.82 bits per heavy atom. The van der Waals surface area contributed by atoms with Crippen molar-refractivity contribution >= 4 is 44.5 Å². The van der Waals surface area contributed by atoms with Gasteiger partial charge in [0.2, 0.25) is 0 Å². The number of benzene rings is 1. The van der Waals surface area contributed by atoms with Gasteiger partial charge in [0.05, 0.1) is 15.5 Å². The zero-order valence-electron chi connectivity index (χ0n) is 17.8. The lowest BCUT2D eigenvalue weighted by molar-refractivity contribution is -0.137. The van der Waals surface area contributed by atoms with Crippen LogP contribution in [0, 0.1) is 0 Å². The van der Waals surface area contributed by atoms with E-state index in [0.29, 0.717) is 18.7 Å². The number of hydrogen-bond donors (Lipinski definition) is 0. The van der Waals surface area contributed by atoms with Crippen LogP contribution in [-0.2, 0) is 16.0 Å². The van der Waals surface area contributed by atoms with Gasteiger partial charge in [0.25, 0.3) is 5.91 Å². The van der Waals surface area contributed by atoms with Crippen LogP contribution in [0.15, 0.2) is 52.2 Å². The number of sulfone groups is 1. The predicted molar refractivity (Wildman–Crippen MR) is 125 cm³/mol. The molecule has 180 valence electrons. The molecule has 0 radical (unpaired) electrons. The highest BCUT2D eigenvalue weighted by atomic mass is 35.5. The molecule has 3 heterocycles. The number of thiophene rings is 1. The van der Waals surface area contributed by atoms with E-state index in [4.69, 9.17) is 11.6 Å². The van der Waals surface area contributed by atoms with Gasteiger partial charge in [-0.1, -0.05) is 17.7 Å². The molecule has 1 aliphatic rings. The Balaban J connectivity index is 1.56. The summed E-state index contributed by atoms with van der Waals surface area (Å²) in [6, 6.07) is 7.20. The number of alkyl halides is 3. The van der Waals surface area contributed by atoms with Crippen LogP contribution in [0.3, 0.4) is 0 Å². The van der Waals surface area contributed by atoms with Crippen LogP contribution in [0.25, 0.3) is 11.1 Å². The van der Waals surface area contributed by atoms with Crippen molar-refractivity contribution in [2.75, 3.05) is 37.3 Å². The van der Waals surface area contributed by atoms with Crippen molar-refractivity contribution < 1.29 is 26.4 Å². The van der Waals surface area contributed by atoms with Crippen molar-refractivity contribution in [3.8, 4) is 11.1 Å². The first-order chi connectivity index (χ1) is 15.9. The van der Waals surface area contributed by atoms with E-state index in [0.717, 1.165) is 24.1 Å². The molecule has 1 aromatic carbocycles. The number of carbonyl (C=O) groups is 1. The molecule has 0 aliphatic carbocycles. The van der Waals surface area contributed by atoms with E-state index < -0.39 is 21.6 Å². The van der Waals surface area contributed by atoms with Gasteiger partial charge >= 0.3 is 6.18 Å². The van der Waals surface area contributed by atoms with Gasteiger partial charge < -0.3 is 9.80 Å². The number of halogens is 4. The van der Waals surface area contributed by atoms with Crippen molar-refractivity contribution in [1.82, 2.24) is 9.88 Å². The van der Waals surface area contributed by atoms with Crippen molar-refractivity contribution in [2.24, 2.45) is 0 Å². The second-order valence-electron chi connectivity index (χ2n) is 7.80. The molecule has 0 atom stereocenters. The van der Waals surface area contributed by atoms with Gasteiger partial charge in [0.1, 0.15) is 5.82 Å². The molecule has 1 aliphatic heterocycles. The van der Waals surface area contributed by atoms with E-state index in [-0.39, 0.29) is 40.3 Å². The summed E-state index contributed by atoms with van der Waals surface area (Å²) < 4.78 is 62.8. The average Bonchev–Trinajstić information content (AvgIpc) is 3.32. The third-order valence-electron chi connectivity index (χ3n) is 5.50. The number of aromatic nitrogens is 1. The lowest BCUT2D eigenvalue weighted by Crippen LogP contribution is -2.49. The van der Waals surface area contributed by atoms with E-state index in [2.05, 4.69) is 4.98 Å². The van der Waals surface area contributed by atoms with Crippen LogP contribution < -0.4 is 4.90 Å². The fraction of sp³-hybridized carbons (Fsp3) is 0.273. The van der Waals surface area contributed by atoms with E-state index in [1.54, 1.807) is 15.9 Å². The summed E-state index contributed by atoms with van der Waals surface area (Å²) in [4.78, 5) is 20.7. The monoisotopic (exact) mass is 529 g/mol. The third-order valence-corrected chi connectivity index (χ3v) is 7.57. The normalized spacial score (nSPS) is 15.0. The smallest absolute Gasteiger partial charge is 0.352 e. The quantitative estimate of drug-likeness (QED) is 0.483. The summed E-state index contributed by atoms with van der Waals surface area (Å²) in [5.74, 6) is -0.0994. The van der Waals surface area contributed by atoms with Crippen LogP contribution in [0.5, 0.6) is 0 Å². The topological polar surface area (TPSA) is 70.6 Å². The number of hydrogen-bond acceptors (Lipinski definition) is 6. The Labute approximate surface area is 203 Å². The zero-order chi connectivity index (χ0) is 24.7. The highest BCUT2D eigenvalue weighted by Crippen LogP contribution is 2.34. The van der Waals surface area contributed by atoms with Gasteiger partial charge in [0.15, 0.2) is 9.84 Å². The first kappa shape index (κ1) is 24.5. The van der Waals surface area contributed by atoms with Crippen LogP contribution in [0.2, 0.25) is 5.02 Å². The van der Waals surface area contributed by atoms with Gasteiger partial charge in [-0.3, -0.25) is 4.79 Å². The molecule has 0 spiro atoms. The minimum Gasteiger partial charge on any atom is -0.352 e. The van der Waals surface area contributed by atoms with Crippen LogP contribution in [-0.4, -0.2) is 56.6 Å². The van der Waals surface area contributed by atoms with Crippen molar-refractivity contribution in [1.29, 1.82) is 0 Å². The number of amides is 1. The van der Waals surface area contributed by atoms with Crippen molar-refractivity contribution in [3.63, 3.8) is 0 Å². The van der Waals surface area contributed by atoms with Gasteiger partial charge in [-0.05, 0) is 46.2 Å². The Bertz CT molecular complexity index is 1320. The Kier molecular flexibility index (Phi) is 6.63. The van der Waals surface area contributed by atoms with Crippen LogP contribution in [0.4, 0.5) is 19.0 Å². The van der Waals surface area contributed by atoms with Crippen molar-refractivity contribution in [3.05, 3.63) is 63.4 Å². The van der Waals surface area contributed by atoms with E-state index in [1.807, 2.05) is 16.8 Å². The molecule has 0 bridgehead atoms.